The van der Waals surface area contributed by atoms with E-state index >= 15 is 0 Å². The number of amides is 1. The first-order chi connectivity index (χ1) is 16.6. The Balaban J connectivity index is 0.00000289. The van der Waals surface area contributed by atoms with Crippen LogP contribution in [-0.4, -0.2) is 28.0 Å². The van der Waals surface area contributed by atoms with Gasteiger partial charge in [-0.2, -0.15) is 0 Å². The molecule has 1 aliphatic carbocycles. The fourth-order valence-electron chi connectivity index (χ4n) is 4.26. The highest BCUT2D eigenvalue weighted by Crippen LogP contribution is 2.26. The summed E-state index contributed by atoms with van der Waals surface area (Å²) < 4.78 is 5.84. The third-order valence-corrected chi connectivity index (χ3v) is 6.31. The molecule has 8 heteroatoms. The van der Waals surface area contributed by atoms with Gasteiger partial charge >= 0.3 is 0 Å². The van der Waals surface area contributed by atoms with Gasteiger partial charge in [-0.15, -0.1) is 12.4 Å². The summed E-state index contributed by atoms with van der Waals surface area (Å²) in [5, 5.41) is 8.46. The number of pyridine rings is 2. The molecule has 4 aromatic rings. The summed E-state index contributed by atoms with van der Waals surface area (Å²) in [6.45, 7) is 0. The number of ether oxygens (including phenoxy) is 1. The van der Waals surface area contributed by atoms with Gasteiger partial charge in [0.2, 0.25) is 5.88 Å². The first kappa shape index (κ1) is 24.8. The van der Waals surface area contributed by atoms with Crippen molar-refractivity contribution in [1.29, 1.82) is 0 Å². The summed E-state index contributed by atoms with van der Waals surface area (Å²) in [5.41, 5.74) is 1.40. The minimum absolute atomic E-state index is 0. The minimum atomic E-state index is -0.176. The normalized spacial score (nSPS) is 17.3. The first-order valence-electron chi connectivity index (χ1n) is 11.5. The summed E-state index contributed by atoms with van der Waals surface area (Å²) in [6, 6.07) is 23.1. The van der Waals surface area contributed by atoms with Gasteiger partial charge in [0.15, 0.2) is 0 Å². The highest BCUT2D eigenvalue weighted by atomic mass is 35.5. The van der Waals surface area contributed by atoms with Crippen LogP contribution in [0.15, 0.2) is 79.0 Å². The van der Waals surface area contributed by atoms with Gasteiger partial charge < -0.3 is 15.4 Å². The van der Waals surface area contributed by atoms with E-state index in [1.54, 1.807) is 42.6 Å². The Morgan fingerprint density at radius 1 is 0.886 bits per heavy atom. The molecule has 0 aliphatic heterocycles. The number of nitrogens with zero attached hydrogens (tertiary/aromatic N) is 2. The molecular weight excluding hydrogens is 483 g/mol. The van der Waals surface area contributed by atoms with Crippen molar-refractivity contribution in [3.05, 3.63) is 89.6 Å². The topological polar surface area (TPSA) is 76.1 Å². The van der Waals surface area contributed by atoms with Crippen molar-refractivity contribution in [1.82, 2.24) is 15.3 Å². The van der Waals surface area contributed by atoms with Gasteiger partial charge in [0.05, 0.1) is 5.52 Å². The molecule has 0 spiro atoms. The molecule has 0 unspecified atom stereocenters. The number of carbonyl (C=O) groups excluding carboxylic acids is 1. The number of carbonyl (C=O) groups is 1. The van der Waals surface area contributed by atoms with E-state index in [1.807, 2.05) is 24.3 Å². The van der Waals surface area contributed by atoms with Crippen LogP contribution in [0.25, 0.3) is 10.9 Å². The van der Waals surface area contributed by atoms with Crippen LogP contribution in [0, 0.1) is 0 Å². The van der Waals surface area contributed by atoms with Crippen LogP contribution in [0.4, 0.5) is 5.82 Å². The summed E-state index contributed by atoms with van der Waals surface area (Å²) in [4.78, 5) is 22.0. The van der Waals surface area contributed by atoms with Crippen molar-refractivity contribution < 1.29 is 9.53 Å². The smallest absolute Gasteiger partial charge is 0.257 e. The zero-order valence-corrected chi connectivity index (χ0v) is 20.6. The number of fused-ring (bicyclic) bond motifs is 1. The van der Waals surface area contributed by atoms with Crippen molar-refractivity contribution in [3.63, 3.8) is 0 Å². The summed E-state index contributed by atoms with van der Waals surface area (Å²) in [7, 11) is 0. The highest BCUT2D eigenvalue weighted by Gasteiger charge is 2.24. The van der Waals surface area contributed by atoms with E-state index in [1.165, 1.54) is 0 Å². The molecule has 0 bridgehead atoms. The third-order valence-electron chi connectivity index (χ3n) is 6.06. The number of hydrogen-bond acceptors (Lipinski definition) is 5. The van der Waals surface area contributed by atoms with Gasteiger partial charge in [-0.25, -0.2) is 9.97 Å². The Kier molecular flexibility index (Phi) is 8.06. The first-order valence-corrected chi connectivity index (χ1v) is 11.8. The van der Waals surface area contributed by atoms with E-state index in [2.05, 4.69) is 27.8 Å². The monoisotopic (exact) mass is 508 g/mol. The molecule has 1 saturated carbocycles. The van der Waals surface area contributed by atoms with Crippen LogP contribution in [0.5, 0.6) is 11.6 Å². The second-order valence-electron chi connectivity index (χ2n) is 8.47. The van der Waals surface area contributed by atoms with Gasteiger partial charge in [0.1, 0.15) is 17.1 Å². The molecule has 35 heavy (non-hydrogen) atoms. The number of anilines is 1. The number of rotatable bonds is 6. The lowest BCUT2D eigenvalue weighted by molar-refractivity contribution is 0.0923. The van der Waals surface area contributed by atoms with Crippen LogP contribution < -0.4 is 15.4 Å². The molecule has 2 aromatic carbocycles. The minimum Gasteiger partial charge on any atom is -0.438 e. The van der Waals surface area contributed by atoms with Crippen LogP contribution in [0.3, 0.4) is 0 Å². The number of para-hydroxylation sites is 1. The number of nitrogens with one attached hydrogen (secondary N) is 2. The van der Waals surface area contributed by atoms with Crippen LogP contribution >= 0.6 is 24.0 Å². The number of aromatic nitrogens is 2. The van der Waals surface area contributed by atoms with E-state index in [9.17, 15) is 4.79 Å². The maximum absolute atomic E-state index is 13.0. The fraction of sp³-hybridized carbons (Fsp3) is 0.222. The molecule has 1 fully saturated rings. The van der Waals surface area contributed by atoms with Gasteiger partial charge in [-0.3, -0.25) is 4.79 Å². The second kappa shape index (κ2) is 11.4. The lowest BCUT2D eigenvalue weighted by Crippen LogP contribution is -2.40. The Morgan fingerprint density at radius 2 is 1.63 bits per heavy atom. The molecule has 0 atom stereocenters. The lowest BCUT2D eigenvalue weighted by Gasteiger charge is -2.30. The zero-order chi connectivity index (χ0) is 23.3. The predicted molar refractivity (Wildman–Crippen MR) is 142 cm³/mol. The average Bonchev–Trinajstić information content (AvgIpc) is 2.87. The van der Waals surface area contributed by atoms with E-state index in [4.69, 9.17) is 21.3 Å². The van der Waals surface area contributed by atoms with Crippen molar-refractivity contribution in [2.45, 2.75) is 37.8 Å². The van der Waals surface area contributed by atoms with Crippen LogP contribution in [0.1, 0.15) is 36.0 Å². The molecule has 1 aliphatic rings. The van der Waals surface area contributed by atoms with Gasteiger partial charge in [-0.05, 0) is 80.3 Å². The Bertz CT molecular complexity index is 1290. The summed E-state index contributed by atoms with van der Waals surface area (Å²) >= 11 is 5.94. The predicted octanol–water partition coefficient (Wildman–Crippen LogP) is 6.65. The molecule has 0 saturated heterocycles. The van der Waals surface area contributed by atoms with Gasteiger partial charge in [0.25, 0.3) is 5.91 Å². The van der Waals surface area contributed by atoms with Crippen molar-refractivity contribution >= 4 is 46.6 Å². The van der Waals surface area contributed by atoms with E-state index in [0.717, 1.165) is 42.4 Å². The van der Waals surface area contributed by atoms with Crippen molar-refractivity contribution in [3.8, 4) is 11.6 Å². The largest absolute Gasteiger partial charge is 0.438 e. The van der Waals surface area contributed by atoms with Crippen LogP contribution in [-0.2, 0) is 0 Å². The van der Waals surface area contributed by atoms with E-state index in [-0.39, 0.29) is 30.2 Å². The maximum atomic E-state index is 13.0. The molecule has 2 heterocycles. The molecule has 2 aromatic heterocycles. The quantitative estimate of drug-likeness (QED) is 0.304. The maximum Gasteiger partial charge on any atom is 0.257 e. The van der Waals surface area contributed by atoms with Crippen molar-refractivity contribution in [2.75, 3.05) is 5.32 Å². The standard InChI is InChI=1S/C27H25ClN4O2.ClH/c28-19-8-14-22(15-9-19)34-27-23(5-3-17-29-27)26(33)31-21-12-10-20(11-13-21)30-25-16-7-18-4-1-2-6-24(18)32-25;/h1-9,14-17,20-21H,10-13H2,(H,30,32)(H,31,33);1H. The molecule has 0 radical (unpaired) electrons. The van der Waals surface area contributed by atoms with E-state index < -0.39 is 0 Å². The molecule has 5 rings (SSSR count). The molecule has 6 nitrogen and oxygen atoms in total. The number of hydrogen-bond donors (Lipinski definition) is 2. The van der Waals surface area contributed by atoms with Gasteiger partial charge in [-0.1, -0.05) is 29.8 Å². The number of benzene rings is 2. The molecule has 180 valence electrons. The Labute approximate surface area is 215 Å². The zero-order valence-electron chi connectivity index (χ0n) is 19.0. The second-order valence-corrected chi connectivity index (χ2v) is 8.90. The van der Waals surface area contributed by atoms with Crippen molar-refractivity contribution in [2.24, 2.45) is 0 Å². The number of halogens is 2. The lowest BCUT2D eigenvalue weighted by atomic mass is 9.91. The Hall–Kier alpha value is -3.35. The van der Waals surface area contributed by atoms with Crippen LogP contribution in [0.2, 0.25) is 5.02 Å². The molecule has 2 N–H and O–H groups in total. The average molecular weight is 509 g/mol. The highest BCUT2D eigenvalue weighted by molar-refractivity contribution is 6.30. The molecular formula is C27H26Cl2N4O2. The fourth-order valence-corrected chi connectivity index (χ4v) is 4.39. The molecule has 1 amide bonds. The summed E-state index contributed by atoms with van der Waals surface area (Å²) in [6.07, 6.45) is 5.32. The van der Waals surface area contributed by atoms with Gasteiger partial charge in [0, 0.05) is 28.7 Å². The third kappa shape index (κ3) is 6.21. The summed E-state index contributed by atoms with van der Waals surface area (Å²) in [5.74, 6) is 1.57. The Morgan fingerprint density at radius 3 is 2.43 bits per heavy atom. The SMILES string of the molecule is Cl.O=C(NC1CCC(Nc2ccc3ccccc3n2)CC1)c1cccnc1Oc1ccc(Cl)cc1. The van der Waals surface area contributed by atoms with E-state index in [0.29, 0.717) is 22.4 Å².